The molecule has 0 saturated carbocycles. The van der Waals surface area contributed by atoms with Gasteiger partial charge in [0.1, 0.15) is 11.6 Å². The molecule has 3 heteroatoms. The molecule has 0 amide bonds. The molecule has 0 saturated heterocycles. The van der Waals surface area contributed by atoms with E-state index in [1.54, 1.807) is 6.07 Å². The third-order valence-electron chi connectivity index (χ3n) is 3.02. The van der Waals surface area contributed by atoms with E-state index in [4.69, 9.17) is 4.74 Å². The van der Waals surface area contributed by atoms with Gasteiger partial charge in [-0.3, -0.25) is 0 Å². The van der Waals surface area contributed by atoms with Crippen LogP contribution in [-0.2, 0) is 0 Å². The Bertz CT molecular complexity index is 365. The molecular formula is C14H22FNO. The fourth-order valence-corrected chi connectivity index (χ4v) is 1.70. The topological polar surface area (TPSA) is 12.5 Å². The van der Waals surface area contributed by atoms with Gasteiger partial charge in [0.2, 0.25) is 0 Å². The molecule has 0 aliphatic heterocycles. The van der Waals surface area contributed by atoms with Crippen LogP contribution in [0.2, 0.25) is 0 Å². The third kappa shape index (κ3) is 4.35. The predicted octanol–water partition coefficient (Wildman–Crippen LogP) is 3.24. The van der Waals surface area contributed by atoms with E-state index in [1.165, 1.54) is 12.1 Å². The normalized spacial score (nSPS) is 14.8. The standard InChI is InChI=1S/C14H22FNO/c1-10-8-13(15)6-7-14(10)17-12(3)9-11(2)16(4)5/h6-8,11-12H,9H2,1-5H3/t11-,12-/m1/s1. The highest BCUT2D eigenvalue weighted by atomic mass is 19.1. The lowest BCUT2D eigenvalue weighted by Crippen LogP contribution is -2.30. The summed E-state index contributed by atoms with van der Waals surface area (Å²) in [6, 6.07) is 5.09. The lowest BCUT2D eigenvalue weighted by Gasteiger charge is -2.24. The Morgan fingerprint density at radius 2 is 1.94 bits per heavy atom. The van der Waals surface area contributed by atoms with Gasteiger partial charge in [0.25, 0.3) is 0 Å². The summed E-state index contributed by atoms with van der Waals surface area (Å²) < 4.78 is 18.8. The van der Waals surface area contributed by atoms with Crippen LogP contribution >= 0.6 is 0 Å². The van der Waals surface area contributed by atoms with E-state index in [2.05, 4.69) is 25.9 Å². The Labute approximate surface area is 103 Å². The molecule has 0 radical (unpaired) electrons. The predicted molar refractivity (Wildman–Crippen MR) is 69.0 cm³/mol. The quantitative estimate of drug-likeness (QED) is 0.782. The molecule has 0 aliphatic carbocycles. The zero-order valence-corrected chi connectivity index (χ0v) is 11.3. The third-order valence-corrected chi connectivity index (χ3v) is 3.02. The molecule has 1 rings (SSSR count). The number of halogens is 1. The first-order chi connectivity index (χ1) is 7.90. The minimum Gasteiger partial charge on any atom is -0.490 e. The number of hydrogen-bond donors (Lipinski definition) is 0. The molecular weight excluding hydrogens is 217 g/mol. The molecule has 0 fully saturated rings. The average molecular weight is 239 g/mol. The van der Waals surface area contributed by atoms with Crippen molar-refractivity contribution in [1.29, 1.82) is 0 Å². The summed E-state index contributed by atoms with van der Waals surface area (Å²) in [5, 5.41) is 0. The maximum absolute atomic E-state index is 12.9. The highest BCUT2D eigenvalue weighted by Gasteiger charge is 2.12. The highest BCUT2D eigenvalue weighted by Crippen LogP contribution is 2.21. The van der Waals surface area contributed by atoms with Crippen molar-refractivity contribution in [3.63, 3.8) is 0 Å². The van der Waals surface area contributed by atoms with Crippen molar-refractivity contribution < 1.29 is 9.13 Å². The fourth-order valence-electron chi connectivity index (χ4n) is 1.70. The van der Waals surface area contributed by atoms with Crippen molar-refractivity contribution in [2.24, 2.45) is 0 Å². The Hall–Kier alpha value is -1.09. The highest BCUT2D eigenvalue weighted by molar-refractivity contribution is 5.32. The van der Waals surface area contributed by atoms with E-state index in [0.717, 1.165) is 17.7 Å². The summed E-state index contributed by atoms with van der Waals surface area (Å²) >= 11 is 0. The Kier molecular flexibility index (Phi) is 4.94. The van der Waals surface area contributed by atoms with E-state index in [-0.39, 0.29) is 11.9 Å². The Balaban J connectivity index is 2.59. The van der Waals surface area contributed by atoms with Crippen LogP contribution in [0.4, 0.5) is 4.39 Å². The second kappa shape index (κ2) is 6.01. The molecule has 0 aliphatic rings. The second-order valence-electron chi connectivity index (χ2n) is 4.89. The van der Waals surface area contributed by atoms with Gasteiger partial charge < -0.3 is 9.64 Å². The van der Waals surface area contributed by atoms with Crippen LogP contribution in [0.25, 0.3) is 0 Å². The minimum absolute atomic E-state index is 0.122. The number of rotatable bonds is 5. The zero-order chi connectivity index (χ0) is 13.0. The summed E-state index contributed by atoms with van der Waals surface area (Å²) in [5.74, 6) is 0.550. The number of benzene rings is 1. The van der Waals surface area contributed by atoms with Gasteiger partial charge in [-0.15, -0.1) is 0 Å². The van der Waals surface area contributed by atoms with Crippen molar-refractivity contribution in [2.45, 2.75) is 39.3 Å². The van der Waals surface area contributed by atoms with Crippen molar-refractivity contribution in [3.05, 3.63) is 29.6 Å². The van der Waals surface area contributed by atoms with Gasteiger partial charge in [-0.2, -0.15) is 0 Å². The largest absolute Gasteiger partial charge is 0.490 e. The molecule has 2 nitrogen and oxygen atoms in total. The van der Waals surface area contributed by atoms with Crippen LogP contribution in [-0.4, -0.2) is 31.1 Å². The van der Waals surface area contributed by atoms with Gasteiger partial charge in [0, 0.05) is 6.04 Å². The average Bonchev–Trinajstić information content (AvgIpc) is 2.22. The van der Waals surface area contributed by atoms with Crippen molar-refractivity contribution in [1.82, 2.24) is 4.90 Å². The van der Waals surface area contributed by atoms with Crippen LogP contribution in [0.1, 0.15) is 25.8 Å². The van der Waals surface area contributed by atoms with Gasteiger partial charge in [-0.05, 0) is 65.0 Å². The second-order valence-corrected chi connectivity index (χ2v) is 4.89. The summed E-state index contributed by atoms with van der Waals surface area (Å²) in [5.41, 5.74) is 0.842. The van der Waals surface area contributed by atoms with E-state index < -0.39 is 0 Å². The molecule has 96 valence electrons. The summed E-state index contributed by atoms with van der Waals surface area (Å²) in [7, 11) is 4.11. The van der Waals surface area contributed by atoms with E-state index >= 15 is 0 Å². The SMILES string of the molecule is Cc1cc(F)ccc1O[C@H](C)C[C@@H](C)N(C)C. The maximum Gasteiger partial charge on any atom is 0.123 e. The van der Waals surface area contributed by atoms with Gasteiger partial charge >= 0.3 is 0 Å². The fraction of sp³-hybridized carbons (Fsp3) is 0.571. The van der Waals surface area contributed by atoms with Crippen molar-refractivity contribution >= 4 is 0 Å². The lowest BCUT2D eigenvalue weighted by atomic mass is 10.1. The monoisotopic (exact) mass is 239 g/mol. The van der Waals surface area contributed by atoms with Crippen LogP contribution in [0.5, 0.6) is 5.75 Å². The summed E-state index contributed by atoms with van der Waals surface area (Å²) in [6.07, 6.45) is 1.07. The van der Waals surface area contributed by atoms with Crippen LogP contribution in [0.3, 0.4) is 0 Å². The molecule has 1 aromatic rings. The molecule has 2 atom stereocenters. The molecule has 0 spiro atoms. The molecule has 0 heterocycles. The molecule has 0 N–H and O–H groups in total. The summed E-state index contributed by atoms with van der Waals surface area (Å²) in [4.78, 5) is 2.16. The molecule has 0 bridgehead atoms. The first-order valence-electron chi connectivity index (χ1n) is 5.99. The van der Waals surface area contributed by atoms with Gasteiger partial charge in [0.05, 0.1) is 6.10 Å². The first-order valence-corrected chi connectivity index (χ1v) is 5.99. The number of ether oxygens (including phenoxy) is 1. The van der Waals surface area contributed by atoms with E-state index in [0.29, 0.717) is 6.04 Å². The maximum atomic E-state index is 12.9. The molecule has 17 heavy (non-hydrogen) atoms. The Morgan fingerprint density at radius 1 is 1.29 bits per heavy atom. The van der Waals surface area contributed by atoms with Crippen LogP contribution in [0, 0.1) is 12.7 Å². The number of hydrogen-bond acceptors (Lipinski definition) is 2. The van der Waals surface area contributed by atoms with Crippen LogP contribution in [0.15, 0.2) is 18.2 Å². The van der Waals surface area contributed by atoms with Crippen molar-refractivity contribution in [2.75, 3.05) is 14.1 Å². The molecule has 0 unspecified atom stereocenters. The Morgan fingerprint density at radius 3 is 2.47 bits per heavy atom. The van der Waals surface area contributed by atoms with E-state index in [9.17, 15) is 4.39 Å². The first kappa shape index (κ1) is 14.0. The molecule has 1 aromatic carbocycles. The van der Waals surface area contributed by atoms with Crippen molar-refractivity contribution in [3.8, 4) is 5.75 Å². The smallest absolute Gasteiger partial charge is 0.123 e. The van der Waals surface area contributed by atoms with E-state index in [1.807, 2.05) is 13.8 Å². The number of nitrogens with zero attached hydrogens (tertiary/aromatic N) is 1. The zero-order valence-electron chi connectivity index (χ0n) is 11.3. The minimum atomic E-state index is -0.218. The van der Waals surface area contributed by atoms with Gasteiger partial charge in [0.15, 0.2) is 0 Å². The van der Waals surface area contributed by atoms with Gasteiger partial charge in [-0.1, -0.05) is 0 Å². The molecule has 0 aromatic heterocycles. The lowest BCUT2D eigenvalue weighted by molar-refractivity contribution is 0.164. The van der Waals surface area contributed by atoms with Gasteiger partial charge in [-0.25, -0.2) is 4.39 Å². The van der Waals surface area contributed by atoms with Crippen LogP contribution < -0.4 is 4.74 Å². The summed E-state index contributed by atoms with van der Waals surface area (Å²) in [6.45, 7) is 6.07. The number of aryl methyl sites for hydroxylation is 1.